The lowest BCUT2D eigenvalue weighted by Gasteiger charge is -2.32. The first-order valence-electron chi connectivity index (χ1n) is 6.33. The van der Waals surface area contributed by atoms with Crippen LogP contribution < -0.4 is 5.73 Å². The molecule has 1 aromatic rings. The van der Waals surface area contributed by atoms with Crippen molar-refractivity contribution in [2.45, 2.75) is 26.3 Å². The summed E-state index contributed by atoms with van der Waals surface area (Å²) in [7, 11) is 0. The lowest BCUT2D eigenvalue weighted by Crippen LogP contribution is -2.40. The quantitative estimate of drug-likeness (QED) is 0.853. The van der Waals surface area contributed by atoms with Gasteiger partial charge >= 0.3 is 0 Å². The fraction of sp³-hybridized carbons (Fsp3) is 0.500. The number of likely N-dealkylation sites (tertiary alicyclic amines) is 1. The van der Waals surface area contributed by atoms with Crippen molar-refractivity contribution < 1.29 is 4.39 Å². The van der Waals surface area contributed by atoms with Crippen molar-refractivity contribution in [2.24, 2.45) is 11.7 Å². The summed E-state index contributed by atoms with van der Waals surface area (Å²) in [4.78, 5) is 2.98. The van der Waals surface area contributed by atoms with Gasteiger partial charge < -0.3 is 5.73 Å². The standard InChI is InChI=1S/C14H19FN2S/c1-10-7-13(15)5-4-11(10)8-17-6-2-3-12(9-17)14(16)18/h4-5,7,12H,2-3,6,8-9H2,1H3,(H2,16,18). The molecule has 4 heteroatoms. The molecular formula is C14H19FN2S. The first-order chi connectivity index (χ1) is 8.56. The Kier molecular flexibility index (Phi) is 4.30. The molecule has 0 radical (unpaired) electrons. The average Bonchev–Trinajstić information content (AvgIpc) is 2.33. The molecule has 1 unspecified atom stereocenters. The highest BCUT2D eigenvalue weighted by Crippen LogP contribution is 2.20. The fourth-order valence-electron chi connectivity index (χ4n) is 2.51. The van der Waals surface area contributed by atoms with Gasteiger partial charge in [0.2, 0.25) is 0 Å². The van der Waals surface area contributed by atoms with Crippen molar-refractivity contribution in [3.8, 4) is 0 Å². The second-order valence-electron chi connectivity index (χ2n) is 5.05. The fourth-order valence-corrected chi connectivity index (χ4v) is 2.70. The van der Waals surface area contributed by atoms with Crippen molar-refractivity contribution in [3.63, 3.8) is 0 Å². The van der Waals surface area contributed by atoms with Crippen molar-refractivity contribution in [2.75, 3.05) is 13.1 Å². The molecule has 98 valence electrons. The molecule has 1 aliphatic heterocycles. The van der Waals surface area contributed by atoms with Crippen LogP contribution in [-0.4, -0.2) is 23.0 Å². The summed E-state index contributed by atoms with van der Waals surface area (Å²) < 4.78 is 13.0. The van der Waals surface area contributed by atoms with E-state index in [2.05, 4.69) is 4.90 Å². The maximum Gasteiger partial charge on any atom is 0.123 e. The number of hydrogen-bond donors (Lipinski definition) is 1. The zero-order valence-electron chi connectivity index (χ0n) is 10.7. The van der Waals surface area contributed by atoms with Crippen LogP contribution in [-0.2, 0) is 6.54 Å². The molecule has 1 fully saturated rings. The Morgan fingerprint density at radius 1 is 1.56 bits per heavy atom. The Morgan fingerprint density at radius 3 is 3.00 bits per heavy atom. The first-order valence-corrected chi connectivity index (χ1v) is 6.74. The summed E-state index contributed by atoms with van der Waals surface area (Å²) in [5, 5.41) is 0. The minimum Gasteiger partial charge on any atom is -0.393 e. The summed E-state index contributed by atoms with van der Waals surface area (Å²) in [6.45, 7) is 4.79. The number of aryl methyl sites for hydroxylation is 1. The Labute approximate surface area is 113 Å². The van der Waals surface area contributed by atoms with Crippen LogP contribution in [0.15, 0.2) is 18.2 Å². The van der Waals surface area contributed by atoms with Gasteiger partial charge in [0, 0.05) is 19.0 Å². The monoisotopic (exact) mass is 266 g/mol. The van der Waals surface area contributed by atoms with Crippen molar-refractivity contribution >= 4 is 17.2 Å². The van der Waals surface area contributed by atoms with E-state index in [9.17, 15) is 4.39 Å². The van der Waals surface area contributed by atoms with Gasteiger partial charge in [-0.2, -0.15) is 0 Å². The Hall–Kier alpha value is -1.00. The molecule has 2 nitrogen and oxygen atoms in total. The smallest absolute Gasteiger partial charge is 0.123 e. The molecule has 18 heavy (non-hydrogen) atoms. The number of rotatable bonds is 3. The second kappa shape index (κ2) is 5.76. The van der Waals surface area contributed by atoms with E-state index in [4.69, 9.17) is 18.0 Å². The summed E-state index contributed by atoms with van der Waals surface area (Å²) in [5.41, 5.74) is 7.92. The highest BCUT2D eigenvalue weighted by atomic mass is 32.1. The molecule has 0 saturated carbocycles. The van der Waals surface area contributed by atoms with Gasteiger partial charge in [0.15, 0.2) is 0 Å². The number of benzene rings is 1. The molecule has 0 aliphatic carbocycles. The second-order valence-corrected chi connectivity index (χ2v) is 5.52. The van der Waals surface area contributed by atoms with Crippen LogP contribution in [0.1, 0.15) is 24.0 Å². The summed E-state index contributed by atoms with van der Waals surface area (Å²) in [6.07, 6.45) is 2.22. The highest BCUT2D eigenvalue weighted by molar-refractivity contribution is 7.80. The van der Waals surface area contributed by atoms with Gasteiger partial charge in [-0.05, 0) is 49.6 Å². The molecule has 2 N–H and O–H groups in total. The van der Waals surface area contributed by atoms with E-state index >= 15 is 0 Å². The third kappa shape index (κ3) is 3.27. The molecule has 0 aromatic heterocycles. The van der Waals surface area contributed by atoms with E-state index in [1.807, 2.05) is 13.0 Å². The van der Waals surface area contributed by atoms with E-state index in [0.29, 0.717) is 10.9 Å². The van der Waals surface area contributed by atoms with Crippen LogP contribution in [0.4, 0.5) is 4.39 Å². The number of thiocarbonyl (C=S) groups is 1. The Balaban J connectivity index is 2.02. The average molecular weight is 266 g/mol. The zero-order chi connectivity index (χ0) is 13.1. The predicted molar refractivity (Wildman–Crippen MR) is 75.9 cm³/mol. The lowest BCUT2D eigenvalue weighted by atomic mass is 9.97. The molecule has 2 rings (SSSR count). The van der Waals surface area contributed by atoms with Gasteiger partial charge in [0.1, 0.15) is 5.82 Å². The van der Waals surface area contributed by atoms with Gasteiger partial charge in [0.25, 0.3) is 0 Å². The van der Waals surface area contributed by atoms with E-state index < -0.39 is 0 Å². The molecule has 0 spiro atoms. The van der Waals surface area contributed by atoms with Crippen LogP contribution in [0, 0.1) is 18.7 Å². The Morgan fingerprint density at radius 2 is 2.33 bits per heavy atom. The lowest BCUT2D eigenvalue weighted by molar-refractivity contribution is 0.197. The van der Waals surface area contributed by atoms with E-state index in [-0.39, 0.29) is 5.82 Å². The largest absolute Gasteiger partial charge is 0.393 e. The molecule has 1 atom stereocenters. The van der Waals surface area contributed by atoms with Gasteiger partial charge in [-0.1, -0.05) is 18.3 Å². The van der Waals surface area contributed by atoms with Crippen LogP contribution in [0.2, 0.25) is 0 Å². The molecule has 1 aliphatic rings. The summed E-state index contributed by atoms with van der Waals surface area (Å²) in [5.74, 6) is 0.158. The number of hydrogen-bond acceptors (Lipinski definition) is 2. The predicted octanol–water partition coefficient (Wildman–Crippen LogP) is 2.63. The molecule has 0 bridgehead atoms. The zero-order valence-corrected chi connectivity index (χ0v) is 11.5. The van der Waals surface area contributed by atoms with Crippen LogP contribution in [0.5, 0.6) is 0 Å². The SMILES string of the molecule is Cc1cc(F)ccc1CN1CCCC(C(N)=S)C1. The molecule has 0 amide bonds. The number of nitrogens with zero attached hydrogens (tertiary/aromatic N) is 1. The molecule has 1 aromatic carbocycles. The summed E-state index contributed by atoms with van der Waals surface area (Å²) in [6, 6.07) is 4.98. The third-order valence-corrected chi connectivity index (χ3v) is 3.94. The normalized spacial score (nSPS) is 20.9. The van der Waals surface area contributed by atoms with Gasteiger partial charge in [-0.25, -0.2) is 4.39 Å². The maximum absolute atomic E-state index is 13.0. The van der Waals surface area contributed by atoms with E-state index in [0.717, 1.165) is 38.0 Å². The molecule has 1 heterocycles. The van der Waals surface area contributed by atoms with Gasteiger partial charge in [-0.3, -0.25) is 4.90 Å². The number of nitrogens with two attached hydrogens (primary N) is 1. The van der Waals surface area contributed by atoms with Gasteiger partial charge in [-0.15, -0.1) is 0 Å². The van der Waals surface area contributed by atoms with Crippen LogP contribution in [0.3, 0.4) is 0 Å². The van der Waals surface area contributed by atoms with Crippen molar-refractivity contribution in [3.05, 3.63) is 35.1 Å². The number of piperidine rings is 1. The minimum atomic E-state index is -0.170. The van der Waals surface area contributed by atoms with E-state index in [1.165, 1.54) is 11.6 Å². The van der Waals surface area contributed by atoms with Crippen molar-refractivity contribution in [1.82, 2.24) is 4.90 Å². The molecular weight excluding hydrogens is 247 g/mol. The summed E-state index contributed by atoms with van der Waals surface area (Å²) >= 11 is 5.08. The van der Waals surface area contributed by atoms with Gasteiger partial charge in [0.05, 0.1) is 4.99 Å². The Bertz CT molecular complexity index is 447. The minimum absolute atomic E-state index is 0.170. The third-order valence-electron chi connectivity index (χ3n) is 3.61. The van der Waals surface area contributed by atoms with Crippen molar-refractivity contribution in [1.29, 1.82) is 0 Å². The number of halogens is 1. The highest BCUT2D eigenvalue weighted by Gasteiger charge is 2.22. The van der Waals surface area contributed by atoms with E-state index in [1.54, 1.807) is 6.07 Å². The maximum atomic E-state index is 13.0. The van der Waals surface area contributed by atoms with Crippen LogP contribution >= 0.6 is 12.2 Å². The molecule has 1 saturated heterocycles. The topological polar surface area (TPSA) is 29.3 Å². The van der Waals surface area contributed by atoms with Crippen LogP contribution in [0.25, 0.3) is 0 Å². The first kappa shape index (κ1) is 13.4.